The average Bonchev–Trinajstić information content (AvgIpc) is 2.61. The second kappa shape index (κ2) is 3.69. The van der Waals surface area contributed by atoms with E-state index in [9.17, 15) is 4.79 Å². The first kappa shape index (κ1) is 9.65. The molecule has 0 saturated heterocycles. The summed E-state index contributed by atoms with van der Waals surface area (Å²) in [6, 6.07) is 8.00. The van der Waals surface area contributed by atoms with Crippen LogP contribution in [0.5, 0.6) is 0 Å². The molecule has 0 radical (unpaired) electrons. The molecule has 0 atom stereocenters. The number of carbonyl (C=O) groups excluding carboxylic acids is 1. The second-order valence-corrected chi connectivity index (χ2v) is 3.52. The first-order valence-electron chi connectivity index (χ1n) is 4.79. The molecule has 1 heterocycles. The number of nitrogens with zero attached hydrogens (tertiary/aromatic N) is 2. The monoisotopic (exact) mass is 200 g/mol. The number of hydrogen-bond acceptors (Lipinski definition) is 2. The Kier molecular flexibility index (Phi) is 2.37. The van der Waals surface area contributed by atoms with E-state index in [2.05, 4.69) is 4.98 Å². The number of aromatic nitrogens is 2. The summed E-state index contributed by atoms with van der Waals surface area (Å²) in [5, 5.41) is 0. The zero-order chi connectivity index (χ0) is 10.8. The Morgan fingerprint density at radius 3 is 2.47 bits per heavy atom. The zero-order valence-corrected chi connectivity index (χ0v) is 8.77. The number of rotatable bonds is 2. The molecule has 0 N–H and O–H groups in total. The largest absolute Gasteiger partial charge is 0.296 e. The maximum atomic E-state index is 10.8. The maximum Gasteiger partial charge on any atom is 0.168 e. The van der Waals surface area contributed by atoms with Gasteiger partial charge in [0.15, 0.2) is 6.29 Å². The van der Waals surface area contributed by atoms with Crippen molar-refractivity contribution in [2.45, 2.75) is 13.8 Å². The molecule has 1 aromatic heterocycles. The van der Waals surface area contributed by atoms with Gasteiger partial charge in [-0.1, -0.05) is 17.7 Å². The van der Waals surface area contributed by atoms with Gasteiger partial charge in [0, 0.05) is 5.69 Å². The molecule has 3 nitrogen and oxygen atoms in total. The molecule has 76 valence electrons. The minimum atomic E-state index is 0.580. The molecule has 0 fully saturated rings. The van der Waals surface area contributed by atoms with Crippen LogP contribution in [0.1, 0.15) is 21.9 Å². The van der Waals surface area contributed by atoms with Crippen molar-refractivity contribution in [1.29, 1.82) is 0 Å². The number of imidazole rings is 1. The van der Waals surface area contributed by atoms with Crippen LogP contribution >= 0.6 is 0 Å². The molecule has 0 bridgehead atoms. The number of aldehydes is 1. The number of hydrogen-bond donors (Lipinski definition) is 0. The van der Waals surface area contributed by atoms with Crippen LogP contribution in [0.4, 0.5) is 0 Å². The quantitative estimate of drug-likeness (QED) is 0.697. The highest BCUT2D eigenvalue weighted by atomic mass is 16.1. The Morgan fingerprint density at radius 1 is 1.20 bits per heavy atom. The van der Waals surface area contributed by atoms with Gasteiger partial charge in [0.05, 0.1) is 6.20 Å². The van der Waals surface area contributed by atoms with E-state index in [1.54, 1.807) is 6.20 Å². The summed E-state index contributed by atoms with van der Waals surface area (Å²) in [6.07, 6.45) is 2.40. The van der Waals surface area contributed by atoms with Crippen LogP contribution in [0.3, 0.4) is 0 Å². The molecular weight excluding hydrogens is 188 g/mol. The normalized spacial score (nSPS) is 10.3. The molecule has 15 heavy (non-hydrogen) atoms. The van der Waals surface area contributed by atoms with Crippen molar-refractivity contribution in [1.82, 2.24) is 9.55 Å². The first-order chi connectivity index (χ1) is 7.22. The lowest BCUT2D eigenvalue weighted by Gasteiger charge is -2.06. The second-order valence-electron chi connectivity index (χ2n) is 3.52. The standard InChI is InChI=1S/C12H12N2O/c1-9-3-5-11(6-4-9)14-10(2)13-7-12(14)8-15/h3-8H,1-2H3. The number of carbonyl (C=O) groups is 1. The summed E-state index contributed by atoms with van der Waals surface area (Å²) in [5.74, 6) is 0.820. The molecule has 0 amide bonds. The molecule has 2 rings (SSSR count). The fourth-order valence-corrected chi connectivity index (χ4v) is 1.57. The van der Waals surface area contributed by atoms with Gasteiger partial charge in [-0.3, -0.25) is 9.36 Å². The summed E-state index contributed by atoms with van der Waals surface area (Å²) in [7, 11) is 0. The highest BCUT2D eigenvalue weighted by molar-refractivity contribution is 5.73. The lowest BCUT2D eigenvalue weighted by atomic mass is 10.2. The van der Waals surface area contributed by atoms with Crippen molar-refractivity contribution < 1.29 is 4.79 Å². The van der Waals surface area contributed by atoms with Crippen molar-refractivity contribution >= 4 is 6.29 Å². The van der Waals surface area contributed by atoms with Crippen molar-refractivity contribution in [3.8, 4) is 5.69 Å². The Bertz CT molecular complexity index is 483. The molecule has 0 saturated carbocycles. The highest BCUT2D eigenvalue weighted by Crippen LogP contribution is 2.14. The van der Waals surface area contributed by atoms with Crippen molar-refractivity contribution in [2.75, 3.05) is 0 Å². The van der Waals surface area contributed by atoms with Crippen LogP contribution in [0.2, 0.25) is 0 Å². The summed E-state index contributed by atoms with van der Waals surface area (Å²) in [6.45, 7) is 3.91. The van der Waals surface area contributed by atoms with E-state index in [-0.39, 0.29) is 0 Å². The van der Waals surface area contributed by atoms with Gasteiger partial charge in [0.1, 0.15) is 11.5 Å². The van der Waals surface area contributed by atoms with Crippen molar-refractivity contribution in [3.63, 3.8) is 0 Å². The van der Waals surface area contributed by atoms with Gasteiger partial charge in [-0.25, -0.2) is 4.98 Å². The summed E-state index contributed by atoms with van der Waals surface area (Å²) in [4.78, 5) is 14.9. The predicted molar refractivity (Wildman–Crippen MR) is 58.4 cm³/mol. The third-order valence-corrected chi connectivity index (χ3v) is 2.38. The molecule has 0 spiro atoms. The summed E-state index contributed by atoms with van der Waals surface area (Å²) >= 11 is 0. The van der Waals surface area contributed by atoms with Crippen molar-refractivity contribution in [3.05, 3.63) is 47.5 Å². The lowest BCUT2D eigenvalue weighted by molar-refractivity contribution is 0.111. The van der Waals surface area contributed by atoms with E-state index >= 15 is 0 Å². The number of aryl methyl sites for hydroxylation is 2. The maximum absolute atomic E-state index is 10.8. The highest BCUT2D eigenvalue weighted by Gasteiger charge is 2.06. The van der Waals surface area contributed by atoms with E-state index in [1.807, 2.05) is 42.7 Å². The van der Waals surface area contributed by atoms with Gasteiger partial charge >= 0.3 is 0 Å². The van der Waals surface area contributed by atoms with Gasteiger partial charge in [0.2, 0.25) is 0 Å². The van der Waals surface area contributed by atoms with E-state index < -0.39 is 0 Å². The SMILES string of the molecule is Cc1ccc(-n2c(C=O)cnc2C)cc1. The Morgan fingerprint density at radius 2 is 1.87 bits per heavy atom. The lowest BCUT2D eigenvalue weighted by Crippen LogP contribution is -2.01. The Balaban J connectivity index is 2.57. The van der Waals surface area contributed by atoms with Gasteiger partial charge in [-0.2, -0.15) is 0 Å². The van der Waals surface area contributed by atoms with Crippen LogP contribution in [-0.4, -0.2) is 15.8 Å². The molecule has 0 aliphatic carbocycles. The Hall–Kier alpha value is -1.90. The van der Waals surface area contributed by atoms with Crippen LogP contribution in [-0.2, 0) is 0 Å². The van der Waals surface area contributed by atoms with Crippen molar-refractivity contribution in [2.24, 2.45) is 0 Å². The molecular formula is C12H12N2O. The molecule has 0 aliphatic rings. The molecule has 0 unspecified atom stereocenters. The molecule has 2 aromatic rings. The average molecular weight is 200 g/mol. The van der Waals surface area contributed by atoms with Crippen LogP contribution in [0.15, 0.2) is 30.5 Å². The smallest absolute Gasteiger partial charge is 0.168 e. The topological polar surface area (TPSA) is 34.9 Å². The fourth-order valence-electron chi connectivity index (χ4n) is 1.57. The van der Waals surface area contributed by atoms with E-state index in [0.29, 0.717) is 5.69 Å². The Labute approximate surface area is 88.4 Å². The van der Waals surface area contributed by atoms with E-state index in [0.717, 1.165) is 17.8 Å². The third kappa shape index (κ3) is 1.68. The predicted octanol–water partition coefficient (Wildman–Crippen LogP) is 2.30. The van der Waals surface area contributed by atoms with E-state index in [4.69, 9.17) is 0 Å². The minimum absolute atomic E-state index is 0.580. The van der Waals surface area contributed by atoms with Crippen LogP contribution in [0, 0.1) is 13.8 Å². The summed E-state index contributed by atoms with van der Waals surface area (Å²) < 4.78 is 1.84. The minimum Gasteiger partial charge on any atom is -0.296 e. The van der Waals surface area contributed by atoms with Gasteiger partial charge in [-0.05, 0) is 26.0 Å². The van der Waals surface area contributed by atoms with Gasteiger partial charge < -0.3 is 0 Å². The summed E-state index contributed by atoms with van der Waals surface area (Å²) in [5.41, 5.74) is 2.75. The molecule has 3 heteroatoms. The van der Waals surface area contributed by atoms with Gasteiger partial charge in [-0.15, -0.1) is 0 Å². The van der Waals surface area contributed by atoms with Crippen LogP contribution in [0.25, 0.3) is 5.69 Å². The zero-order valence-electron chi connectivity index (χ0n) is 8.77. The van der Waals surface area contributed by atoms with Crippen LogP contribution < -0.4 is 0 Å². The first-order valence-corrected chi connectivity index (χ1v) is 4.79. The third-order valence-electron chi connectivity index (χ3n) is 2.38. The molecule has 0 aliphatic heterocycles. The number of benzene rings is 1. The molecule has 1 aromatic carbocycles. The fraction of sp³-hybridized carbons (Fsp3) is 0.167. The van der Waals surface area contributed by atoms with Gasteiger partial charge in [0.25, 0.3) is 0 Å². The van der Waals surface area contributed by atoms with E-state index in [1.165, 1.54) is 5.56 Å².